The van der Waals surface area contributed by atoms with E-state index in [1.807, 2.05) is 43.3 Å². The van der Waals surface area contributed by atoms with Gasteiger partial charge in [-0.25, -0.2) is 4.79 Å². The van der Waals surface area contributed by atoms with E-state index < -0.39 is 5.97 Å². The van der Waals surface area contributed by atoms with Crippen molar-refractivity contribution in [2.24, 2.45) is 0 Å². The SMILES string of the molecule is CCOCC(C)OC(=O)C(C#N)=Cc1ccccc1. The second-order valence-corrected chi connectivity index (χ2v) is 3.96. The van der Waals surface area contributed by atoms with Crippen LogP contribution in [0.5, 0.6) is 0 Å². The average Bonchev–Trinajstić information content (AvgIpc) is 2.43. The van der Waals surface area contributed by atoms with Gasteiger partial charge < -0.3 is 9.47 Å². The Balaban J connectivity index is 2.68. The predicted molar refractivity (Wildman–Crippen MR) is 72.1 cm³/mol. The average molecular weight is 259 g/mol. The fourth-order valence-corrected chi connectivity index (χ4v) is 1.42. The van der Waals surface area contributed by atoms with Crippen LogP contribution in [0.3, 0.4) is 0 Å². The zero-order chi connectivity index (χ0) is 14.1. The Hall–Kier alpha value is -2.12. The van der Waals surface area contributed by atoms with Crippen LogP contribution in [-0.2, 0) is 14.3 Å². The van der Waals surface area contributed by atoms with Gasteiger partial charge in [0.1, 0.15) is 17.7 Å². The second kappa shape index (κ2) is 8.06. The number of rotatable bonds is 6. The van der Waals surface area contributed by atoms with E-state index in [0.717, 1.165) is 5.56 Å². The van der Waals surface area contributed by atoms with Crippen LogP contribution in [0.2, 0.25) is 0 Å². The lowest BCUT2D eigenvalue weighted by atomic mass is 10.1. The van der Waals surface area contributed by atoms with Crippen molar-refractivity contribution in [2.45, 2.75) is 20.0 Å². The summed E-state index contributed by atoms with van der Waals surface area (Å²) in [5.74, 6) is -0.626. The number of hydrogen-bond donors (Lipinski definition) is 0. The van der Waals surface area contributed by atoms with E-state index >= 15 is 0 Å². The van der Waals surface area contributed by atoms with E-state index in [-0.39, 0.29) is 11.7 Å². The van der Waals surface area contributed by atoms with Gasteiger partial charge >= 0.3 is 5.97 Å². The van der Waals surface area contributed by atoms with Crippen LogP contribution in [0, 0.1) is 11.3 Å². The largest absolute Gasteiger partial charge is 0.456 e. The number of hydrogen-bond acceptors (Lipinski definition) is 4. The molecule has 0 aliphatic carbocycles. The first-order valence-corrected chi connectivity index (χ1v) is 6.13. The molecule has 0 aliphatic rings. The molecule has 4 heteroatoms. The van der Waals surface area contributed by atoms with Crippen molar-refractivity contribution in [3.63, 3.8) is 0 Å². The molecule has 0 aromatic heterocycles. The number of benzene rings is 1. The van der Waals surface area contributed by atoms with Crippen LogP contribution in [0.4, 0.5) is 0 Å². The van der Waals surface area contributed by atoms with E-state index in [9.17, 15) is 4.79 Å². The standard InChI is InChI=1S/C15H17NO3/c1-3-18-11-12(2)19-15(17)14(10-16)9-13-7-5-4-6-8-13/h4-9,12H,3,11H2,1-2H3. The minimum absolute atomic E-state index is 0.0189. The molecule has 0 N–H and O–H groups in total. The van der Waals surface area contributed by atoms with Gasteiger partial charge in [0.2, 0.25) is 0 Å². The summed E-state index contributed by atoms with van der Waals surface area (Å²) in [6.45, 7) is 4.48. The number of esters is 1. The van der Waals surface area contributed by atoms with E-state index in [1.165, 1.54) is 6.08 Å². The third kappa shape index (κ3) is 5.36. The van der Waals surface area contributed by atoms with Crippen molar-refractivity contribution >= 4 is 12.0 Å². The zero-order valence-electron chi connectivity index (χ0n) is 11.1. The lowest BCUT2D eigenvalue weighted by Gasteiger charge is -2.12. The molecule has 4 nitrogen and oxygen atoms in total. The smallest absolute Gasteiger partial charge is 0.349 e. The van der Waals surface area contributed by atoms with Crippen LogP contribution in [0.15, 0.2) is 35.9 Å². The van der Waals surface area contributed by atoms with Crippen LogP contribution < -0.4 is 0 Å². The molecule has 0 saturated carbocycles. The molecule has 1 aromatic rings. The van der Waals surface area contributed by atoms with Gasteiger partial charge in [0.05, 0.1) is 6.61 Å². The Morgan fingerprint density at radius 2 is 2.11 bits per heavy atom. The van der Waals surface area contributed by atoms with E-state index in [4.69, 9.17) is 14.7 Å². The molecular weight excluding hydrogens is 242 g/mol. The Bertz CT molecular complexity index is 474. The van der Waals surface area contributed by atoms with E-state index in [2.05, 4.69) is 0 Å². The molecule has 0 aliphatic heterocycles. The van der Waals surface area contributed by atoms with Gasteiger partial charge in [-0.15, -0.1) is 0 Å². The first-order chi connectivity index (χ1) is 9.17. The molecule has 1 aromatic carbocycles. The molecule has 100 valence electrons. The Morgan fingerprint density at radius 3 is 2.68 bits per heavy atom. The monoisotopic (exact) mass is 259 g/mol. The highest BCUT2D eigenvalue weighted by molar-refractivity contribution is 5.97. The predicted octanol–water partition coefficient (Wildman–Crippen LogP) is 2.56. The van der Waals surface area contributed by atoms with Crippen LogP contribution in [-0.4, -0.2) is 25.3 Å². The van der Waals surface area contributed by atoms with Crippen molar-refractivity contribution in [1.82, 2.24) is 0 Å². The highest BCUT2D eigenvalue weighted by atomic mass is 16.6. The van der Waals surface area contributed by atoms with Crippen molar-refractivity contribution < 1.29 is 14.3 Å². The number of carbonyl (C=O) groups excluding carboxylic acids is 1. The number of nitrogens with zero attached hydrogens (tertiary/aromatic N) is 1. The molecule has 0 radical (unpaired) electrons. The first-order valence-electron chi connectivity index (χ1n) is 6.13. The van der Waals surface area contributed by atoms with Crippen LogP contribution in [0.1, 0.15) is 19.4 Å². The molecule has 19 heavy (non-hydrogen) atoms. The third-order valence-corrected chi connectivity index (χ3v) is 2.32. The van der Waals surface area contributed by atoms with Gasteiger partial charge in [0, 0.05) is 6.61 Å². The highest BCUT2D eigenvalue weighted by Gasteiger charge is 2.14. The van der Waals surface area contributed by atoms with E-state index in [0.29, 0.717) is 13.2 Å². The lowest BCUT2D eigenvalue weighted by molar-refractivity contribution is -0.145. The molecule has 0 fully saturated rings. The molecule has 1 rings (SSSR count). The highest BCUT2D eigenvalue weighted by Crippen LogP contribution is 2.08. The van der Waals surface area contributed by atoms with E-state index in [1.54, 1.807) is 6.92 Å². The lowest BCUT2D eigenvalue weighted by Crippen LogP contribution is -2.21. The minimum Gasteiger partial charge on any atom is -0.456 e. The van der Waals surface area contributed by atoms with Crippen LogP contribution >= 0.6 is 0 Å². The summed E-state index contributed by atoms with van der Waals surface area (Å²) in [5.41, 5.74) is 0.767. The Morgan fingerprint density at radius 1 is 1.42 bits per heavy atom. The minimum atomic E-state index is -0.626. The summed E-state index contributed by atoms with van der Waals surface area (Å²) in [5, 5.41) is 9.00. The molecular formula is C15H17NO3. The van der Waals surface area contributed by atoms with Gasteiger partial charge in [0.25, 0.3) is 0 Å². The Labute approximate surface area is 113 Å². The maximum Gasteiger partial charge on any atom is 0.349 e. The van der Waals surface area contributed by atoms with Crippen molar-refractivity contribution in [3.05, 3.63) is 41.5 Å². The van der Waals surface area contributed by atoms with Crippen molar-refractivity contribution in [2.75, 3.05) is 13.2 Å². The summed E-state index contributed by atoms with van der Waals surface area (Å²) in [6, 6.07) is 11.0. The Kier molecular flexibility index (Phi) is 6.34. The maximum absolute atomic E-state index is 11.8. The number of carbonyl (C=O) groups is 1. The third-order valence-electron chi connectivity index (χ3n) is 2.32. The summed E-state index contributed by atoms with van der Waals surface area (Å²) >= 11 is 0. The van der Waals surface area contributed by atoms with Gasteiger partial charge in [-0.1, -0.05) is 30.3 Å². The summed E-state index contributed by atoms with van der Waals surface area (Å²) < 4.78 is 10.3. The molecule has 0 heterocycles. The van der Waals surface area contributed by atoms with Crippen molar-refractivity contribution in [1.29, 1.82) is 5.26 Å². The molecule has 1 atom stereocenters. The fraction of sp³-hybridized carbons (Fsp3) is 0.333. The summed E-state index contributed by atoms with van der Waals surface area (Å²) in [6.07, 6.45) is 1.13. The number of ether oxygens (including phenoxy) is 2. The zero-order valence-corrected chi connectivity index (χ0v) is 11.1. The fourth-order valence-electron chi connectivity index (χ4n) is 1.42. The topological polar surface area (TPSA) is 59.3 Å². The quantitative estimate of drug-likeness (QED) is 0.447. The van der Waals surface area contributed by atoms with Gasteiger partial charge in [0.15, 0.2) is 0 Å². The maximum atomic E-state index is 11.8. The van der Waals surface area contributed by atoms with Crippen molar-refractivity contribution in [3.8, 4) is 6.07 Å². The molecule has 0 saturated heterocycles. The van der Waals surface area contributed by atoms with Crippen LogP contribution in [0.25, 0.3) is 6.08 Å². The molecule has 0 bridgehead atoms. The summed E-state index contributed by atoms with van der Waals surface area (Å²) in [7, 11) is 0. The normalized spacial score (nSPS) is 12.6. The molecule has 0 spiro atoms. The second-order valence-electron chi connectivity index (χ2n) is 3.96. The van der Waals surface area contributed by atoms with Gasteiger partial charge in [-0.2, -0.15) is 5.26 Å². The van der Waals surface area contributed by atoms with Gasteiger partial charge in [-0.3, -0.25) is 0 Å². The first kappa shape index (κ1) is 14.9. The number of nitriles is 1. The van der Waals surface area contributed by atoms with Gasteiger partial charge in [-0.05, 0) is 25.5 Å². The summed E-state index contributed by atoms with van der Waals surface area (Å²) in [4.78, 5) is 11.8. The molecule has 1 unspecified atom stereocenters. The molecule has 0 amide bonds.